The van der Waals surface area contributed by atoms with E-state index in [1.807, 2.05) is 0 Å². The third kappa shape index (κ3) is 6.68. The Morgan fingerprint density at radius 2 is 2.06 bits per heavy atom. The van der Waals surface area contributed by atoms with E-state index in [1.54, 1.807) is 21.0 Å². The second-order valence-electron chi connectivity index (χ2n) is 3.80. The predicted octanol–water partition coefficient (Wildman–Crippen LogP) is 0.735. The van der Waals surface area contributed by atoms with Crippen LogP contribution in [-0.4, -0.2) is 47.7 Å². The fourth-order valence-corrected chi connectivity index (χ4v) is 1.52. The highest BCUT2D eigenvalue weighted by Gasteiger charge is 2.28. The highest BCUT2D eigenvalue weighted by Crippen LogP contribution is 2.23. The van der Waals surface area contributed by atoms with Crippen LogP contribution in [0.1, 0.15) is 20.3 Å². The zero-order chi connectivity index (χ0) is 12.6. The second kappa shape index (κ2) is 7.51. The number of carboxylic acids is 1. The van der Waals surface area contributed by atoms with Crippen LogP contribution >= 0.6 is 11.8 Å². The predicted molar refractivity (Wildman–Crippen MR) is 63.7 cm³/mol. The van der Waals surface area contributed by atoms with Gasteiger partial charge in [0.05, 0.1) is 5.75 Å². The van der Waals surface area contributed by atoms with Gasteiger partial charge in [0.2, 0.25) is 5.91 Å². The average Bonchev–Trinajstić information content (AvgIpc) is 2.21. The van der Waals surface area contributed by atoms with Crippen LogP contribution in [0.15, 0.2) is 0 Å². The number of carboxylic acid groups (broad SMARTS) is 1. The minimum atomic E-state index is -0.927. The zero-order valence-corrected chi connectivity index (χ0v) is 10.7. The zero-order valence-electron chi connectivity index (χ0n) is 9.91. The summed E-state index contributed by atoms with van der Waals surface area (Å²) in [6.07, 6.45) is 0.759. The molecular formula is C10H19NO4S. The van der Waals surface area contributed by atoms with Crippen molar-refractivity contribution in [2.24, 2.45) is 0 Å². The lowest BCUT2D eigenvalue weighted by atomic mass is 10.2. The summed E-state index contributed by atoms with van der Waals surface area (Å²) in [6.45, 7) is 4.32. The molecule has 0 aliphatic rings. The maximum Gasteiger partial charge on any atom is 0.319 e. The monoisotopic (exact) mass is 249 g/mol. The molecule has 16 heavy (non-hydrogen) atoms. The summed E-state index contributed by atoms with van der Waals surface area (Å²) in [5, 5.41) is 11.5. The van der Waals surface area contributed by atoms with E-state index in [0.717, 1.165) is 18.2 Å². The third-order valence-corrected chi connectivity index (χ3v) is 3.23. The van der Waals surface area contributed by atoms with Crippen LogP contribution in [0.25, 0.3) is 0 Å². The van der Waals surface area contributed by atoms with Crippen molar-refractivity contribution >= 4 is 23.6 Å². The number of nitrogens with one attached hydrogen (secondary N) is 1. The molecule has 0 heterocycles. The first-order valence-corrected chi connectivity index (χ1v) is 6.01. The maximum absolute atomic E-state index is 11.3. The Morgan fingerprint density at radius 1 is 1.44 bits per heavy atom. The van der Waals surface area contributed by atoms with Gasteiger partial charge in [0.1, 0.15) is 4.75 Å². The largest absolute Gasteiger partial charge is 0.480 e. The highest BCUT2D eigenvalue weighted by atomic mass is 32.2. The van der Waals surface area contributed by atoms with Crippen LogP contribution < -0.4 is 5.32 Å². The van der Waals surface area contributed by atoms with Crippen LogP contribution in [0, 0.1) is 0 Å². The molecule has 0 rings (SSSR count). The van der Waals surface area contributed by atoms with Gasteiger partial charge >= 0.3 is 5.97 Å². The molecule has 1 amide bonds. The van der Waals surface area contributed by atoms with Crippen LogP contribution in [-0.2, 0) is 14.3 Å². The average molecular weight is 249 g/mol. The molecule has 0 aromatic carbocycles. The SMILES string of the molecule is COCCCNC(=O)CSC(C)(C)C(=O)O. The summed E-state index contributed by atoms with van der Waals surface area (Å²) in [4.78, 5) is 22.1. The molecule has 0 spiro atoms. The van der Waals surface area contributed by atoms with Crippen molar-refractivity contribution in [3.63, 3.8) is 0 Å². The molecule has 0 fully saturated rings. The first-order chi connectivity index (χ1) is 7.40. The molecule has 5 nitrogen and oxygen atoms in total. The van der Waals surface area contributed by atoms with Crippen molar-refractivity contribution in [3.05, 3.63) is 0 Å². The molecule has 0 bridgehead atoms. The Hall–Kier alpha value is -0.750. The van der Waals surface area contributed by atoms with E-state index in [4.69, 9.17) is 9.84 Å². The van der Waals surface area contributed by atoms with E-state index < -0.39 is 10.7 Å². The van der Waals surface area contributed by atoms with E-state index in [9.17, 15) is 9.59 Å². The number of rotatable bonds is 8. The first kappa shape index (κ1) is 15.2. The van der Waals surface area contributed by atoms with Gasteiger partial charge in [-0.25, -0.2) is 0 Å². The van der Waals surface area contributed by atoms with Gasteiger partial charge in [0, 0.05) is 20.3 Å². The molecule has 0 saturated carbocycles. The summed E-state index contributed by atoms with van der Waals surface area (Å²) in [5.74, 6) is -0.896. The number of hydrogen-bond acceptors (Lipinski definition) is 4. The van der Waals surface area contributed by atoms with E-state index >= 15 is 0 Å². The number of aliphatic carboxylic acids is 1. The van der Waals surface area contributed by atoms with Gasteiger partial charge in [-0.15, -0.1) is 11.8 Å². The topological polar surface area (TPSA) is 75.6 Å². The van der Waals surface area contributed by atoms with Crippen molar-refractivity contribution in [3.8, 4) is 0 Å². The Bertz CT molecular complexity index is 243. The van der Waals surface area contributed by atoms with Crippen LogP contribution in [0.2, 0.25) is 0 Å². The quantitative estimate of drug-likeness (QED) is 0.620. The van der Waals surface area contributed by atoms with Gasteiger partial charge < -0.3 is 15.2 Å². The molecule has 0 aromatic rings. The van der Waals surface area contributed by atoms with E-state index in [-0.39, 0.29) is 11.7 Å². The molecule has 0 radical (unpaired) electrons. The number of methoxy groups -OCH3 is 1. The molecule has 0 atom stereocenters. The summed E-state index contributed by atoms with van der Waals surface area (Å²) in [7, 11) is 1.60. The Balaban J connectivity index is 3.69. The summed E-state index contributed by atoms with van der Waals surface area (Å²) < 4.78 is 3.91. The number of thioether (sulfide) groups is 1. The lowest BCUT2D eigenvalue weighted by molar-refractivity contribution is -0.138. The minimum Gasteiger partial charge on any atom is -0.480 e. The molecule has 0 aliphatic heterocycles. The molecule has 94 valence electrons. The lowest BCUT2D eigenvalue weighted by Gasteiger charge is -2.17. The Labute approximate surface area is 99.9 Å². The van der Waals surface area contributed by atoms with Gasteiger partial charge in [-0.3, -0.25) is 9.59 Å². The normalized spacial score (nSPS) is 11.2. The van der Waals surface area contributed by atoms with Crippen molar-refractivity contribution in [1.29, 1.82) is 0 Å². The van der Waals surface area contributed by atoms with Gasteiger partial charge in [0.15, 0.2) is 0 Å². The summed E-state index contributed by atoms with van der Waals surface area (Å²) in [6, 6.07) is 0. The third-order valence-electron chi connectivity index (χ3n) is 1.93. The van der Waals surface area contributed by atoms with Gasteiger partial charge in [0.25, 0.3) is 0 Å². The Morgan fingerprint density at radius 3 is 2.56 bits per heavy atom. The minimum absolute atomic E-state index is 0.143. The van der Waals surface area contributed by atoms with Crippen molar-refractivity contribution in [2.45, 2.75) is 25.0 Å². The van der Waals surface area contributed by atoms with Crippen molar-refractivity contribution in [2.75, 3.05) is 26.0 Å². The molecule has 6 heteroatoms. The number of hydrogen-bond donors (Lipinski definition) is 2. The molecule has 0 saturated heterocycles. The highest BCUT2D eigenvalue weighted by molar-refractivity contribution is 8.01. The van der Waals surface area contributed by atoms with Gasteiger partial charge in [-0.05, 0) is 20.3 Å². The van der Waals surface area contributed by atoms with E-state index in [2.05, 4.69) is 5.32 Å². The molecular weight excluding hydrogens is 230 g/mol. The van der Waals surface area contributed by atoms with Gasteiger partial charge in [-0.2, -0.15) is 0 Å². The smallest absolute Gasteiger partial charge is 0.319 e. The molecule has 0 unspecified atom stereocenters. The molecule has 2 N–H and O–H groups in total. The van der Waals surface area contributed by atoms with E-state index in [0.29, 0.717) is 13.2 Å². The lowest BCUT2D eigenvalue weighted by Crippen LogP contribution is -2.32. The van der Waals surface area contributed by atoms with Crippen LogP contribution in [0.3, 0.4) is 0 Å². The van der Waals surface area contributed by atoms with Crippen LogP contribution in [0.5, 0.6) is 0 Å². The van der Waals surface area contributed by atoms with E-state index in [1.165, 1.54) is 0 Å². The fourth-order valence-electron chi connectivity index (χ4n) is 0.803. The second-order valence-corrected chi connectivity index (χ2v) is 5.40. The summed E-state index contributed by atoms with van der Waals surface area (Å²) in [5.41, 5.74) is 0. The van der Waals surface area contributed by atoms with Crippen LogP contribution in [0.4, 0.5) is 0 Å². The first-order valence-electron chi connectivity index (χ1n) is 5.03. The maximum atomic E-state index is 11.3. The summed E-state index contributed by atoms with van der Waals surface area (Å²) >= 11 is 1.12. The standard InChI is InChI=1S/C10H19NO4S/c1-10(2,9(13)14)16-7-8(12)11-5-4-6-15-3/h4-7H2,1-3H3,(H,11,12)(H,13,14). The van der Waals surface area contributed by atoms with Gasteiger partial charge in [-0.1, -0.05) is 0 Å². The molecule has 0 aliphatic carbocycles. The fraction of sp³-hybridized carbons (Fsp3) is 0.800. The van der Waals surface area contributed by atoms with Crippen molar-refractivity contribution in [1.82, 2.24) is 5.32 Å². The number of carbonyl (C=O) groups excluding carboxylic acids is 1. The number of carbonyl (C=O) groups is 2. The molecule has 0 aromatic heterocycles. The number of ether oxygens (including phenoxy) is 1. The van der Waals surface area contributed by atoms with Crippen molar-refractivity contribution < 1.29 is 19.4 Å². The Kier molecular flexibility index (Phi) is 7.16. The number of amides is 1.